The van der Waals surface area contributed by atoms with Crippen LogP contribution in [0, 0.1) is 6.92 Å². The molecule has 0 radical (unpaired) electrons. The second kappa shape index (κ2) is 9.74. The number of thiazole rings is 1. The first-order valence-corrected chi connectivity index (χ1v) is 11.6. The molecule has 0 unspecified atom stereocenters. The fraction of sp³-hybridized carbons (Fsp3) is 0.0800. The lowest BCUT2D eigenvalue weighted by Gasteiger charge is -2.10. The highest BCUT2D eigenvalue weighted by Gasteiger charge is 2.13. The van der Waals surface area contributed by atoms with Gasteiger partial charge in [0.05, 0.1) is 34.6 Å². The van der Waals surface area contributed by atoms with E-state index in [4.69, 9.17) is 4.74 Å². The summed E-state index contributed by atoms with van der Waals surface area (Å²) >= 11 is 1.58. The SMILES string of the molecule is Cc1nc(COc2cccc(/C=C/C(=O)Nc3ccccc3-n3ncc4c(=O)[nH]cnc43)c2)cs1. The summed E-state index contributed by atoms with van der Waals surface area (Å²) in [6, 6.07) is 14.6. The van der Waals surface area contributed by atoms with Gasteiger partial charge in [-0.05, 0) is 42.8 Å². The van der Waals surface area contributed by atoms with Crippen molar-refractivity contribution >= 4 is 40.0 Å². The van der Waals surface area contributed by atoms with Crippen LogP contribution >= 0.6 is 11.3 Å². The molecule has 9 nitrogen and oxygen atoms in total. The first-order chi connectivity index (χ1) is 17.1. The van der Waals surface area contributed by atoms with Crippen LogP contribution < -0.4 is 15.6 Å². The second-order valence-corrected chi connectivity index (χ2v) is 8.65. The molecule has 3 heterocycles. The molecule has 2 N–H and O–H groups in total. The van der Waals surface area contributed by atoms with E-state index in [0.29, 0.717) is 34.8 Å². The Bertz CT molecular complexity index is 1600. The zero-order valence-corrected chi connectivity index (χ0v) is 19.5. The van der Waals surface area contributed by atoms with E-state index in [-0.39, 0.29) is 11.5 Å². The molecule has 2 aromatic carbocycles. The monoisotopic (exact) mass is 484 g/mol. The Labute approximate surface area is 203 Å². The van der Waals surface area contributed by atoms with E-state index in [0.717, 1.165) is 16.3 Å². The number of aryl methyl sites for hydroxylation is 1. The largest absolute Gasteiger partial charge is 0.487 e. The van der Waals surface area contributed by atoms with Gasteiger partial charge in [-0.25, -0.2) is 14.6 Å². The molecule has 0 saturated heterocycles. The number of nitrogens with zero attached hydrogens (tertiary/aromatic N) is 4. The van der Waals surface area contributed by atoms with E-state index in [9.17, 15) is 9.59 Å². The van der Waals surface area contributed by atoms with Crippen molar-refractivity contribution in [2.45, 2.75) is 13.5 Å². The van der Waals surface area contributed by atoms with Crippen molar-refractivity contribution < 1.29 is 9.53 Å². The average Bonchev–Trinajstić information content (AvgIpc) is 3.49. The van der Waals surface area contributed by atoms with Gasteiger partial charge in [0.2, 0.25) is 5.91 Å². The maximum absolute atomic E-state index is 12.7. The van der Waals surface area contributed by atoms with E-state index >= 15 is 0 Å². The van der Waals surface area contributed by atoms with Gasteiger partial charge in [-0.2, -0.15) is 5.10 Å². The Kier molecular flexibility index (Phi) is 6.18. The quantitative estimate of drug-likeness (QED) is 0.336. The molecule has 174 valence electrons. The summed E-state index contributed by atoms with van der Waals surface area (Å²) in [6.07, 6.45) is 5.93. The maximum Gasteiger partial charge on any atom is 0.261 e. The van der Waals surface area contributed by atoms with Gasteiger partial charge in [0.15, 0.2) is 5.65 Å². The molecule has 0 aliphatic rings. The number of benzene rings is 2. The van der Waals surface area contributed by atoms with Crippen LogP contribution in [0.25, 0.3) is 22.8 Å². The molecule has 0 aliphatic carbocycles. The zero-order valence-electron chi connectivity index (χ0n) is 18.6. The third-order valence-electron chi connectivity index (χ3n) is 5.10. The number of hydrogen-bond acceptors (Lipinski definition) is 7. The molecule has 0 aliphatic heterocycles. The van der Waals surface area contributed by atoms with Gasteiger partial charge in [0.1, 0.15) is 17.7 Å². The number of amides is 1. The van der Waals surface area contributed by atoms with E-state index in [1.54, 1.807) is 35.6 Å². The maximum atomic E-state index is 12.7. The highest BCUT2D eigenvalue weighted by atomic mass is 32.1. The van der Waals surface area contributed by atoms with Crippen LogP contribution in [0.4, 0.5) is 5.69 Å². The number of ether oxygens (including phenoxy) is 1. The van der Waals surface area contributed by atoms with Crippen molar-refractivity contribution in [3.8, 4) is 11.4 Å². The first kappa shape index (κ1) is 22.2. The number of hydrogen-bond donors (Lipinski definition) is 2. The zero-order chi connectivity index (χ0) is 24.2. The lowest BCUT2D eigenvalue weighted by atomic mass is 10.2. The van der Waals surface area contributed by atoms with Crippen LogP contribution in [-0.4, -0.2) is 30.6 Å². The molecular weight excluding hydrogens is 464 g/mol. The van der Waals surface area contributed by atoms with Crippen LogP contribution in [0.3, 0.4) is 0 Å². The Morgan fingerprint density at radius 1 is 1.23 bits per heavy atom. The molecule has 0 fully saturated rings. The van der Waals surface area contributed by atoms with E-state index in [1.807, 2.05) is 42.6 Å². The minimum atomic E-state index is -0.316. The van der Waals surface area contributed by atoms with Crippen LogP contribution in [0.1, 0.15) is 16.3 Å². The standard InChI is InChI=1S/C25H20N6O3S/c1-16-29-18(14-35-16)13-34-19-6-4-5-17(11-19)9-10-23(32)30-21-7-2-3-8-22(21)31-24-20(12-28-31)25(33)27-15-26-24/h2-12,14-15H,13H2,1H3,(H,30,32)(H,26,27,33)/b10-9+. The molecule has 35 heavy (non-hydrogen) atoms. The summed E-state index contributed by atoms with van der Waals surface area (Å²) < 4.78 is 7.34. The van der Waals surface area contributed by atoms with Crippen LogP contribution in [0.2, 0.25) is 0 Å². The number of H-pyrrole nitrogens is 1. The van der Waals surface area contributed by atoms with Gasteiger partial charge in [-0.15, -0.1) is 11.3 Å². The molecule has 0 saturated carbocycles. The first-order valence-electron chi connectivity index (χ1n) is 10.7. The highest BCUT2D eigenvalue weighted by Crippen LogP contribution is 2.22. The number of fused-ring (bicyclic) bond motifs is 1. The predicted molar refractivity (Wildman–Crippen MR) is 135 cm³/mol. The third-order valence-corrected chi connectivity index (χ3v) is 5.92. The number of aromatic amines is 1. The van der Waals surface area contributed by atoms with E-state index in [2.05, 4.69) is 25.4 Å². The summed E-state index contributed by atoms with van der Waals surface area (Å²) in [6.45, 7) is 2.34. The lowest BCUT2D eigenvalue weighted by Crippen LogP contribution is -2.12. The van der Waals surface area contributed by atoms with Crippen molar-refractivity contribution in [2.24, 2.45) is 0 Å². The fourth-order valence-corrected chi connectivity index (χ4v) is 4.08. The Morgan fingerprint density at radius 2 is 2.11 bits per heavy atom. The van der Waals surface area contributed by atoms with Gasteiger partial charge in [0, 0.05) is 11.5 Å². The summed E-state index contributed by atoms with van der Waals surface area (Å²) in [4.78, 5) is 35.8. The molecule has 1 amide bonds. The second-order valence-electron chi connectivity index (χ2n) is 7.58. The number of para-hydroxylation sites is 2. The number of rotatable bonds is 7. The number of nitrogens with one attached hydrogen (secondary N) is 2. The molecule has 5 aromatic rings. The van der Waals surface area contributed by atoms with E-state index in [1.165, 1.54) is 23.3 Å². The van der Waals surface area contributed by atoms with Gasteiger partial charge in [0.25, 0.3) is 5.56 Å². The van der Waals surface area contributed by atoms with Gasteiger partial charge in [-0.1, -0.05) is 24.3 Å². The molecule has 10 heteroatoms. The minimum Gasteiger partial charge on any atom is -0.487 e. The number of aromatic nitrogens is 5. The van der Waals surface area contributed by atoms with Crippen molar-refractivity contribution in [3.63, 3.8) is 0 Å². The number of carbonyl (C=O) groups is 1. The van der Waals surface area contributed by atoms with Crippen molar-refractivity contribution in [1.29, 1.82) is 0 Å². The molecule has 3 aromatic heterocycles. The third kappa shape index (κ3) is 5.02. The summed E-state index contributed by atoms with van der Waals surface area (Å²) in [5, 5.41) is 10.5. The normalized spacial score (nSPS) is 11.2. The van der Waals surface area contributed by atoms with Crippen molar-refractivity contribution in [2.75, 3.05) is 5.32 Å². The highest BCUT2D eigenvalue weighted by molar-refractivity contribution is 7.09. The smallest absolute Gasteiger partial charge is 0.261 e. The summed E-state index contributed by atoms with van der Waals surface area (Å²) in [7, 11) is 0. The summed E-state index contributed by atoms with van der Waals surface area (Å²) in [5.74, 6) is 0.376. The Balaban J connectivity index is 1.30. The molecule has 0 bridgehead atoms. The van der Waals surface area contributed by atoms with Crippen LogP contribution in [-0.2, 0) is 11.4 Å². The van der Waals surface area contributed by atoms with Gasteiger partial charge >= 0.3 is 0 Å². The lowest BCUT2D eigenvalue weighted by molar-refractivity contribution is -0.111. The minimum absolute atomic E-state index is 0.279. The van der Waals surface area contributed by atoms with Crippen LogP contribution in [0.5, 0.6) is 5.75 Å². The fourth-order valence-electron chi connectivity index (χ4n) is 3.48. The number of anilines is 1. The average molecular weight is 485 g/mol. The number of carbonyl (C=O) groups excluding carboxylic acids is 1. The molecule has 0 atom stereocenters. The topological polar surface area (TPSA) is 115 Å². The van der Waals surface area contributed by atoms with Gasteiger partial charge < -0.3 is 15.0 Å². The summed E-state index contributed by atoms with van der Waals surface area (Å²) in [5.41, 5.74) is 2.95. The van der Waals surface area contributed by atoms with E-state index < -0.39 is 0 Å². The predicted octanol–water partition coefficient (Wildman–Crippen LogP) is 4.10. The Hall–Kier alpha value is -4.57. The van der Waals surface area contributed by atoms with Crippen LogP contribution in [0.15, 0.2) is 77.3 Å². The van der Waals surface area contributed by atoms with Crippen molar-refractivity contribution in [1.82, 2.24) is 24.7 Å². The molecular formula is C25H20N6O3S. The van der Waals surface area contributed by atoms with Gasteiger partial charge in [-0.3, -0.25) is 9.59 Å². The molecule has 0 spiro atoms. The Morgan fingerprint density at radius 3 is 2.97 bits per heavy atom. The van der Waals surface area contributed by atoms with Crippen molar-refractivity contribution in [3.05, 3.63) is 99.1 Å². The molecule has 5 rings (SSSR count).